The summed E-state index contributed by atoms with van der Waals surface area (Å²) < 4.78 is 0. The maximum atomic E-state index is 12.0. The minimum atomic E-state index is -0.279. The molecule has 0 bridgehead atoms. The van der Waals surface area contributed by atoms with Gasteiger partial charge in [-0.25, -0.2) is 0 Å². The first-order valence-electron chi connectivity index (χ1n) is 8.78. The Labute approximate surface area is 161 Å². The van der Waals surface area contributed by atoms with Crippen molar-refractivity contribution in [3.63, 3.8) is 0 Å². The SMILES string of the molecule is NCCNC(=O)C1CC(=O)N(CCSSCCN2CC(C=O)CC2=O)C1. The fourth-order valence-electron chi connectivity index (χ4n) is 3.03. The second-order valence-electron chi connectivity index (χ2n) is 6.40. The van der Waals surface area contributed by atoms with Crippen molar-refractivity contribution in [2.75, 3.05) is 50.8 Å². The van der Waals surface area contributed by atoms with Gasteiger partial charge in [-0.15, -0.1) is 0 Å². The Bertz CT molecular complexity index is 534. The predicted octanol–water partition coefficient (Wildman–Crippen LogP) is -0.661. The van der Waals surface area contributed by atoms with Crippen molar-refractivity contribution in [1.82, 2.24) is 15.1 Å². The predicted molar refractivity (Wildman–Crippen MR) is 102 cm³/mol. The average molecular weight is 403 g/mol. The molecule has 10 heteroatoms. The number of nitrogens with zero attached hydrogens (tertiary/aromatic N) is 2. The molecule has 2 fully saturated rings. The van der Waals surface area contributed by atoms with E-state index >= 15 is 0 Å². The molecule has 8 nitrogen and oxygen atoms in total. The van der Waals surface area contributed by atoms with Crippen molar-refractivity contribution in [2.24, 2.45) is 17.6 Å². The van der Waals surface area contributed by atoms with Crippen LogP contribution in [0.5, 0.6) is 0 Å². The normalized spacial score (nSPS) is 23.0. The summed E-state index contributed by atoms with van der Waals surface area (Å²) in [5, 5.41) is 2.73. The van der Waals surface area contributed by atoms with Gasteiger partial charge in [0.2, 0.25) is 17.7 Å². The summed E-state index contributed by atoms with van der Waals surface area (Å²) in [6.45, 7) is 3.09. The number of carbonyl (C=O) groups is 4. The van der Waals surface area contributed by atoms with Crippen LogP contribution in [0.2, 0.25) is 0 Å². The van der Waals surface area contributed by atoms with Crippen LogP contribution in [0.4, 0.5) is 0 Å². The van der Waals surface area contributed by atoms with Crippen molar-refractivity contribution in [1.29, 1.82) is 0 Å². The topological polar surface area (TPSA) is 113 Å². The Morgan fingerprint density at radius 1 is 1.12 bits per heavy atom. The molecule has 2 heterocycles. The molecular formula is C16H26N4O4S2. The number of rotatable bonds is 11. The van der Waals surface area contributed by atoms with Gasteiger partial charge >= 0.3 is 0 Å². The zero-order valence-electron chi connectivity index (χ0n) is 14.7. The molecular weight excluding hydrogens is 376 g/mol. The van der Waals surface area contributed by atoms with Crippen LogP contribution < -0.4 is 11.1 Å². The molecule has 2 aliphatic heterocycles. The van der Waals surface area contributed by atoms with Gasteiger partial charge in [-0.2, -0.15) is 0 Å². The van der Waals surface area contributed by atoms with E-state index < -0.39 is 0 Å². The lowest BCUT2D eigenvalue weighted by atomic mass is 10.1. The number of nitrogens with one attached hydrogen (secondary N) is 1. The highest BCUT2D eigenvalue weighted by atomic mass is 33.1. The van der Waals surface area contributed by atoms with E-state index in [4.69, 9.17) is 5.73 Å². The highest BCUT2D eigenvalue weighted by molar-refractivity contribution is 8.76. The van der Waals surface area contributed by atoms with Gasteiger partial charge in [0, 0.05) is 69.5 Å². The molecule has 0 aromatic heterocycles. The summed E-state index contributed by atoms with van der Waals surface area (Å²) >= 11 is 0. The Morgan fingerprint density at radius 2 is 1.73 bits per heavy atom. The van der Waals surface area contributed by atoms with Crippen molar-refractivity contribution >= 4 is 45.6 Å². The highest BCUT2D eigenvalue weighted by Gasteiger charge is 2.33. The van der Waals surface area contributed by atoms with Crippen LogP contribution in [0.3, 0.4) is 0 Å². The minimum absolute atomic E-state index is 0.0195. The van der Waals surface area contributed by atoms with E-state index in [1.54, 1.807) is 31.4 Å². The summed E-state index contributed by atoms with van der Waals surface area (Å²) in [6.07, 6.45) is 1.46. The van der Waals surface area contributed by atoms with Gasteiger partial charge < -0.3 is 25.6 Å². The summed E-state index contributed by atoms with van der Waals surface area (Å²) in [7, 11) is 3.31. The van der Waals surface area contributed by atoms with Crippen molar-refractivity contribution in [3.05, 3.63) is 0 Å². The second-order valence-corrected chi connectivity index (χ2v) is 9.11. The molecule has 26 heavy (non-hydrogen) atoms. The number of hydrogen-bond acceptors (Lipinski definition) is 7. The van der Waals surface area contributed by atoms with Gasteiger partial charge in [-0.1, -0.05) is 21.6 Å². The van der Waals surface area contributed by atoms with Crippen LogP contribution >= 0.6 is 21.6 Å². The molecule has 0 aromatic rings. The van der Waals surface area contributed by atoms with Crippen LogP contribution in [0.15, 0.2) is 0 Å². The van der Waals surface area contributed by atoms with Gasteiger partial charge in [-0.05, 0) is 0 Å². The molecule has 0 aromatic carbocycles. The number of amides is 3. The monoisotopic (exact) mass is 402 g/mol. The van der Waals surface area contributed by atoms with E-state index in [0.29, 0.717) is 45.7 Å². The fourth-order valence-corrected chi connectivity index (χ4v) is 5.01. The van der Waals surface area contributed by atoms with E-state index in [1.807, 2.05) is 0 Å². The van der Waals surface area contributed by atoms with Gasteiger partial charge in [0.25, 0.3) is 0 Å². The minimum Gasteiger partial charge on any atom is -0.355 e. The molecule has 0 radical (unpaired) electrons. The van der Waals surface area contributed by atoms with E-state index in [-0.39, 0.29) is 36.0 Å². The maximum Gasteiger partial charge on any atom is 0.225 e. The largest absolute Gasteiger partial charge is 0.355 e. The Morgan fingerprint density at radius 3 is 2.31 bits per heavy atom. The molecule has 0 aliphatic carbocycles. The van der Waals surface area contributed by atoms with Crippen molar-refractivity contribution in [3.8, 4) is 0 Å². The first kappa shape index (κ1) is 21.0. The van der Waals surface area contributed by atoms with Crippen LogP contribution in [0.1, 0.15) is 12.8 Å². The highest BCUT2D eigenvalue weighted by Crippen LogP contribution is 2.24. The first-order valence-corrected chi connectivity index (χ1v) is 11.3. The lowest BCUT2D eigenvalue weighted by Crippen LogP contribution is -2.36. The van der Waals surface area contributed by atoms with E-state index in [2.05, 4.69) is 5.32 Å². The Hall–Kier alpha value is -1.26. The molecule has 2 rings (SSSR count). The van der Waals surface area contributed by atoms with Crippen molar-refractivity contribution in [2.45, 2.75) is 12.8 Å². The van der Waals surface area contributed by atoms with Gasteiger partial charge in [0.05, 0.1) is 5.92 Å². The number of nitrogens with two attached hydrogens (primary N) is 1. The quantitative estimate of drug-likeness (QED) is 0.268. The number of hydrogen-bond donors (Lipinski definition) is 2. The first-order chi connectivity index (χ1) is 12.5. The molecule has 0 spiro atoms. The molecule has 2 aliphatic rings. The fraction of sp³-hybridized carbons (Fsp3) is 0.750. The molecule has 2 unspecified atom stereocenters. The lowest BCUT2D eigenvalue weighted by molar-refractivity contribution is -0.128. The second kappa shape index (κ2) is 10.8. The molecule has 2 atom stereocenters. The van der Waals surface area contributed by atoms with E-state index in [0.717, 1.165) is 17.8 Å². The van der Waals surface area contributed by atoms with Gasteiger partial charge in [-0.3, -0.25) is 14.4 Å². The molecule has 3 amide bonds. The summed E-state index contributed by atoms with van der Waals surface area (Å²) in [5.41, 5.74) is 5.36. The molecule has 146 valence electrons. The Balaban J connectivity index is 1.56. The van der Waals surface area contributed by atoms with Gasteiger partial charge in [0.1, 0.15) is 6.29 Å². The zero-order valence-corrected chi connectivity index (χ0v) is 16.4. The third kappa shape index (κ3) is 6.17. The maximum absolute atomic E-state index is 12.0. The number of likely N-dealkylation sites (tertiary alicyclic amines) is 2. The summed E-state index contributed by atoms with van der Waals surface area (Å²) in [6, 6.07) is 0. The smallest absolute Gasteiger partial charge is 0.225 e. The number of aldehydes is 1. The molecule has 0 saturated carbocycles. The van der Waals surface area contributed by atoms with Crippen molar-refractivity contribution < 1.29 is 19.2 Å². The number of carbonyl (C=O) groups excluding carboxylic acids is 4. The van der Waals surface area contributed by atoms with Gasteiger partial charge in [0.15, 0.2) is 0 Å². The average Bonchev–Trinajstić information content (AvgIpc) is 3.18. The van der Waals surface area contributed by atoms with E-state index in [1.165, 1.54) is 0 Å². The standard InChI is InChI=1S/C16H26N4O4S2/c17-1-2-18-16(24)13-8-15(23)20(10-13)4-6-26-25-5-3-19-9-12(11-21)7-14(19)22/h11-13H,1-10,17H2,(H,18,24). The summed E-state index contributed by atoms with van der Waals surface area (Å²) in [4.78, 5) is 49.8. The lowest BCUT2D eigenvalue weighted by Gasteiger charge is -2.17. The molecule has 2 saturated heterocycles. The zero-order chi connectivity index (χ0) is 18.9. The van der Waals surface area contributed by atoms with Crippen LogP contribution in [-0.4, -0.2) is 84.6 Å². The third-order valence-corrected chi connectivity index (χ3v) is 6.80. The Kier molecular flexibility index (Phi) is 8.73. The van der Waals surface area contributed by atoms with Crippen LogP contribution in [0, 0.1) is 11.8 Å². The van der Waals surface area contributed by atoms with Crippen LogP contribution in [-0.2, 0) is 19.2 Å². The third-order valence-electron chi connectivity index (χ3n) is 4.44. The summed E-state index contributed by atoms with van der Waals surface area (Å²) in [5.74, 6) is 1.10. The molecule has 3 N–H and O–H groups in total. The van der Waals surface area contributed by atoms with E-state index in [9.17, 15) is 19.2 Å². The van der Waals surface area contributed by atoms with Crippen LogP contribution in [0.25, 0.3) is 0 Å².